The smallest absolute Gasteiger partial charge is 0.231 e. The number of carbonyl (C=O) groups excluding carboxylic acids is 2. The molecule has 0 heterocycles. The van der Waals surface area contributed by atoms with Gasteiger partial charge in [-0.2, -0.15) is 0 Å². The highest BCUT2D eigenvalue weighted by molar-refractivity contribution is 5.97. The second-order valence-electron chi connectivity index (χ2n) is 2.65. The third-order valence-electron chi connectivity index (χ3n) is 1.64. The monoisotopic (exact) mass is 193 g/mol. The van der Waals surface area contributed by atoms with Crippen molar-refractivity contribution in [3.63, 3.8) is 0 Å². The van der Waals surface area contributed by atoms with Gasteiger partial charge in [0.15, 0.2) is 0 Å². The summed E-state index contributed by atoms with van der Waals surface area (Å²) in [7, 11) is 1.57. The molecule has 0 aliphatic carbocycles. The van der Waals surface area contributed by atoms with E-state index in [0.717, 1.165) is 5.75 Å². The molecule has 0 aromatic heterocycles. The van der Waals surface area contributed by atoms with Gasteiger partial charge in [-0.15, -0.1) is 0 Å². The summed E-state index contributed by atoms with van der Waals surface area (Å²) < 4.78 is 4.95. The highest BCUT2D eigenvalue weighted by Crippen LogP contribution is 2.14. The summed E-state index contributed by atoms with van der Waals surface area (Å²) in [5.41, 5.74) is 0.651. The molecule has 14 heavy (non-hydrogen) atoms. The minimum Gasteiger partial charge on any atom is -0.497 e. The molecule has 1 aromatic rings. The molecule has 1 N–H and O–H groups in total. The van der Waals surface area contributed by atoms with Gasteiger partial charge in [0.1, 0.15) is 12.0 Å². The fraction of sp³-hybridized carbons (Fsp3) is 0.200. The lowest BCUT2D eigenvalue weighted by Gasteiger charge is -2.03. The average Bonchev–Trinajstić information content (AvgIpc) is 2.19. The summed E-state index contributed by atoms with van der Waals surface area (Å²) in [4.78, 5) is 21.0. The predicted molar refractivity (Wildman–Crippen MR) is 52.3 cm³/mol. The summed E-state index contributed by atoms with van der Waals surface area (Å²) in [6.07, 6.45) is 0.449. The van der Waals surface area contributed by atoms with E-state index in [-0.39, 0.29) is 12.3 Å². The maximum Gasteiger partial charge on any atom is 0.231 e. The summed E-state index contributed by atoms with van der Waals surface area (Å²) in [6, 6.07) is 6.89. The van der Waals surface area contributed by atoms with Crippen LogP contribution in [0, 0.1) is 0 Å². The predicted octanol–water partition coefficient (Wildman–Crippen LogP) is 1.22. The minimum atomic E-state index is -0.315. The Hall–Kier alpha value is -1.84. The molecule has 0 aliphatic heterocycles. The molecule has 0 fully saturated rings. The molecule has 0 radical (unpaired) electrons. The first kappa shape index (κ1) is 10.2. The van der Waals surface area contributed by atoms with E-state index < -0.39 is 0 Å². The molecule has 0 atom stereocenters. The zero-order valence-corrected chi connectivity index (χ0v) is 7.82. The largest absolute Gasteiger partial charge is 0.497 e. The van der Waals surface area contributed by atoms with Crippen LogP contribution in [0.4, 0.5) is 5.69 Å². The normalized spacial score (nSPS) is 9.21. The molecule has 0 spiro atoms. The van der Waals surface area contributed by atoms with Gasteiger partial charge in [0.2, 0.25) is 5.91 Å². The van der Waals surface area contributed by atoms with Crippen LogP contribution in [0.2, 0.25) is 0 Å². The highest BCUT2D eigenvalue weighted by Gasteiger charge is 2.00. The van der Waals surface area contributed by atoms with Crippen molar-refractivity contribution in [3.8, 4) is 5.75 Å². The molecule has 74 valence electrons. The third-order valence-corrected chi connectivity index (χ3v) is 1.64. The van der Waals surface area contributed by atoms with Crippen LogP contribution in [0.5, 0.6) is 5.75 Å². The molecular weight excluding hydrogens is 182 g/mol. The first-order chi connectivity index (χ1) is 6.76. The Morgan fingerprint density at radius 1 is 1.43 bits per heavy atom. The summed E-state index contributed by atoms with van der Waals surface area (Å²) >= 11 is 0. The zero-order valence-electron chi connectivity index (χ0n) is 7.82. The third kappa shape index (κ3) is 2.90. The number of carbonyl (C=O) groups is 2. The number of anilines is 1. The summed E-state index contributed by atoms with van der Waals surface area (Å²) in [5.74, 6) is 0.406. The van der Waals surface area contributed by atoms with E-state index in [1.807, 2.05) is 0 Å². The SMILES string of the molecule is COc1ccc(NC(=O)CC=O)cc1. The van der Waals surface area contributed by atoms with Crippen LogP contribution >= 0.6 is 0 Å². The van der Waals surface area contributed by atoms with Gasteiger partial charge in [0.25, 0.3) is 0 Å². The standard InChI is InChI=1S/C10H11NO3/c1-14-9-4-2-8(3-5-9)11-10(13)6-7-12/h2-5,7H,6H2,1H3,(H,11,13). The van der Waals surface area contributed by atoms with Crippen molar-refractivity contribution < 1.29 is 14.3 Å². The second kappa shape index (κ2) is 5.01. The molecule has 0 saturated heterocycles. The number of hydrogen-bond donors (Lipinski definition) is 1. The maximum absolute atomic E-state index is 11.0. The lowest BCUT2D eigenvalue weighted by Crippen LogP contribution is -2.11. The van der Waals surface area contributed by atoms with Crippen molar-refractivity contribution in [1.82, 2.24) is 0 Å². The molecular formula is C10H11NO3. The fourth-order valence-corrected chi connectivity index (χ4v) is 0.962. The van der Waals surface area contributed by atoms with Crippen LogP contribution in [0.1, 0.15) is 6.42 Å². The van der Waals surface area contributed by atoms with Crippen molar-refractivity contribution in [2.24, 2.45) is 0 Å². The molecule has 0 bridgehead atoms. The lowest BCUT2D eigenvalue weighted by atomic mass is 10.3. The topological polar surface area (TPSA) is 55.4 Å². The number of nitrogens with one attached hydrogen (secondary N) is 1. The van der Waals surface area contributed by atoms with Gasteiger partial charge in [-0.3, -0.25) is 4.79 Å². The summed E-state index contributed by atoms with van der Waals surface area (Å²) in [5, 5.41) is 2.57. The van der Waals surface area contributed by atoms with Gasteiger partial charge >= 0.3 is 0 Å². The number of ether oxygens (including phenoxy) is 1. The maximum atomic E-state index is 11.0. The Morgan fingerprint density at radius 3 is 2.57 bits per heavy atom. The van der Waals surface area contributed by atoms with Crippen molar-refractivity contribution in [3.05, 3.63) is 24.3 Å². The number of aldehydes is 1. The Labute approximate surface area is 81.9 Å². The van der Waals surface area contributed by atoms with E-state index in [2.05, 4.69) is 5.32 Å². The molecule has 0 unspecified atom stereocenters. The molecule has 1 amide bonds. The molecule has 4 heteroatoms. The number of hydrogen-bond acceptors (Lipinski definition) is 3. The van der Waals surface area contributed by atoms with Crippen molar-refractivity contribution in [1.29, 1.82) is 0 Å². The number of rotatable bonds is 4. The molecule has 4 nitrogen and oxygen atoms in total. The van der Waals surface area contributed by atoms with E-state index in [9.17, 15) is 9.59 Å². The Kier molecular flexibility index (Phi) is 3.67. The van der Waals surface area contributed by atoms with E-state index in [4.69, 9.17) is 4.74 Å². The van der Waals surface area contributed by atoms with Crippen molar-refractivity contribution in [2.45, 2.75) is 6.42 Å². The number of amides is 1. The van der Waals surface area contributed by atoms with Gasteiger partial charge in [0, 0.05) is 5.69 Å². The van der Waals surface area contributed by atoms with Gasteiger partial charge in [-0.25, -0.2) is 0 Å². The van der Waals surface area contributed by atoms with E-state index >= 15 is 0 Å². The number of benzene rings is 1. The zero-order chi connectivity index (χ0) is 10.4. The average molecular weight is 193 g/mol. The highest BCUT2D eigenvalue weighted by atomic mass is 16.5. The van der Waals surface area contributed by atoms with Crippen LogP contribution in [0.3, 0.4) is 0 Å². The Morgan fingerprint density at radius 2 is 2.07 bits per heavy atom. The summed E-state index contributed by atoms with van der Waals surface area (Å²) in [6.45, 7) is 0. The first-order valence-corrected chi connectivity index (χ1v) is 4.14. The quantitative estimate of drug-likeness (QED) is 0.577. The fourth-order valence-electron chi connectivity index (χ4n) is 0.962. The van der Waals surface area contributed by atoms with Crippen LogP contribution in [0.25, 0.3) is 0 Å². The molecule has 0 saturated carbocycles. The van der Waals surface area contributed by atoms with Gasteiger partial charge in [-0.1, -0.05) is 0 Å². The van der Waals surface area contributed by atoms with Crippen LogP contribution in [-0.2, 0) is 9.59 Å². The van der Waals surface area contributed by atoms with Crippen LogP contribution in [0.15, 0.2) is 24.3 Å². The molecule has 1 rings (SSSR count). The second-order valence-corrected chi connectivity index (χ2v) is 2.65. The first-order valence-electron chi connectivity index (χ1n) is 4.14. The Bertz CT molecular complexity index is 319. The van der Waals surface area contributed by atoms with Crippen LogP contribution in [-0.4, -0.2) is 19.3 Å². The molecule has 1 aromatic carbocycles. The van der Waals surface area contributed by atoms with E-state index in [1.54, 1.807) is 31.4 Å². The van der Waals surface area contributed by atoms with Crippen molar-refractivity contribution in [2.75, 3.05) is 12.4 Å². The number of methoxy groups -OCH3 is 1. The van der Waals surface area contributed by atoms with Crippen molar-refractivity contribution >= 4 is 17.9 Å². The van der Waals surface area contributed by atoms with E-state index in [0.29, 0.717) is 12.0 Å². The van der Waals surface area contributed by atoms with Gasteiger partial charge < -0.3 is 14.8 Å². The van der Waals surface area contributed by atoms with Crippen LogP contribution < -0.4 is 10.1 Å². The minimum absolute atomic E-state index is 0.119. The van der Waals surface area contributed by atoms with Gasteiger partial charge in [0.05, 0.1) is 13.5 Å². The van der Waals surface area contributed by atoms with Gasteiger partial charge in [-0.05, 0) is 24.3 Å². The Balaban J connectivity index is 2.59. The lowest BCUT2D eigenvalue weighted by molar-refractivity contribution is -0.119. The van der Waals surface area contributed by atoms with E-state index in [1.165, 1.54) is 0 Å². The molecule has 0 aliphatic rings.